The van der Waals surface area contributed by atoms with Crippen LogP contribution in [0.1, 0.15) is 16.3 Å². The SMILES string of the molecule is CN(Cc1ncc[nH]1)C(=O)c1ccc(Br)cn1. The monoisotopic (exact) mass is 294 g/mol. The van der Waals surface area contributed by atoms with Crippen molar-refractivity contribution in [1.29, 1.82) is 0 Å². The first kappa shape index (κ1) is 11.8. The van der Waals surface area contributed by atoms with Gasteiger partial charge >= 0.3 is 0 Å². The molecule has 0 saturated carbocycles. The number of hydrogen-bond acceptors (Lipinski definition) is 3. The fourth-order valence-corrected chi connectivity index (χ4v) is 1.61. The van der Waals surface area contributed by atoms with Crippen LogP contribution in [0.2, 0.25) is 0 Å². The molecule has 6 heteroatoms. The summed E-state index contributed by atoms with van der Waals surface area (Å²) in [6.45, 7) is 0.434. The quantitative estimate of drug-likeness (QED) is 0.940. The number of aromatic amines is 1. The Morgan fingerprint density at radius 2 is 2.29 bits per heavy atom. The van der Waals surface area contributed by atoms with Crippen molar-refractivity contribution in [2.24, 2.45) is 0 Å². The maximum atomic E-state index is 12.0. The Bertz CT molecular complexity index is 495. The molecule has 0 saturated heterocycles. The average molecular weight is 295 g/mol. The largest absolute Gasteiger partial charge is 0.347 e. The molecule has 1 N–H and O–H groups in total. The van der Waals surface area contributed by atoms with Gasteiger partial charge in [-0.1, -0.05) is 0 Å². The third kappa shape index (κ3) is 2.91. The van der Waals surface area contributed by atoms with Gasteiger partial charge in [0.15, 0.2) is 0 Å². The molecular weight excluding hydrogens is 284 g/mol. The van der Waals surface area contributed by atoms with Gasteiger partial charge in [-0.15, -0.1) is 0 Å². The topological polar surface area (TPSA) is 61.9 Å². The highest BCUT2D eigenvalue weighted by molar-refractivity contribution is 9.10. The van der Waals surface area contributed by atoms with Gasteiger partial charge in [0.1, 0.15) is 11.5 Å². The summed E-state index contributed by atoms with van der Waals surface area (Å²) in [5.41, 5.74) is 0.419. The minimum absolute atomic E-state index is 0.131. The third-order valence-electron chi connectivity index (χ3n) is 2.23. The number of carbonyl (C=O) groups is 1. The molecule has 17 heavy (non-hydrogen) atoms. The van der Waals surface area contributed by atoms with Crippen LogP contribution in [0.15, 0.2) is 35.2 Å². The van der Waals surface area contributed by atoms with Crippen LogP contribution in [0.4, 0.5) is 0 Å². The predicted molar refractivity (Wildman–Crippen MR) is 66.3 cm³/mol. The summed E-state index contributed by atoms with van der Waals surface area (Å²) in [7, 11) is 1.72. The second-order valence-corrected chi connectivity index (χ2v) is 4.47. The summed E-state index contributed by atoms with van der Waals surface area (Å²) in [6.07, 6.45) is 4.99. The molecule has 0 fully saturated rings. The van der Waals surface area contributed by atoms with E-state index in [0.29, 0.717) is 12.2 Å². The van der Waals surface area contributed by atoms with Crippen LogP contribution in [-0.2, 0) is 6.54 Å². The summed E-state index contributed by atoms with van der Waals surface area (Å²) in [6, 6.07) is 3.48. The lowest BCUT2D eigenvalue weighted by molar-refractivity contribution is 0.0776. The fraction of sp³-hybridized carbons (Fsp3) is 0.182. The minimum Gasteiger partial charge on any atom is -0.347 e. The number of imidazole rings is 1. The van der Waals surface area contributed by atoms with Gasteiger partial charge in [-0.2, -0.15) is 0 Å². The van der Waals surface area contributed by atoms with Crippen LogP contribution in [-0.4, -0.2) is 32.8 Å². The third-order valence-corrected chi connectivity index (χ3v) is 2.70. The molecule has 2 heterocycles. The summed E-state index contributed by atoms with van der Waals surface area (Å²) < 4.78 is 0.850. The van der Waals surface area contributed by atoms with E-state index < -0.39 is 0 Å². The van der Waals surface area contributed by atoms with Crippen molar-refractivity contribution in [3.8, 4) is 0 Å². The molecule has 2 aromatic heterocycles. The molecule has 1 amide bonds. The number of hydrogen-bond donors (Lipinski definition) is 1. The van der Waals surface area contributed by atoms with Gasteiger partial charge in [0.25, 0.3) is 5.91 Å². The molecule has 0 unspecified atom stereocenters. The van der Waals surface area contributed by atoms with Crippen LogP contribution in [0.25, 0.3) is 0 Å². The van der Waals surface area contributed by atoms with E-state index in [1.54, 1.807) is 42.7 Å². The Morgan fingerprint density at radius 1 is 1.47 bits per heavy atom. The molecule has 2 aromatic rings. The van der Waals surface area contributed by atoms with E-state index in [2.05, 4.69) is 30.9 Å². The van der Waals surface area contributed by atoms with Crippen molar-refractivity contribution in [3.63, 3.8) is 0 Å². The number of aromatic nitrogens is 3. The van der Waals surface area contributed by atoms with E-state index in [0.717, 1.165) is 10.3 Å². The van der Waals surface area contributed by atoms with Crippen molar-refractivity contribution in [2.75, 3.05) is 7.05 Å². The molecule has 0 atom stereocenters. The van der Waals surface area contributed by atoms with Gasteiger partial charge in [-0.25, -0.2) is 9.97 Å². The zero-order chi connectivity index (χ0) is 12.3. The lowest BCUT2D eigenvalue weighted by Gasteiger charge is -2.14. The summed E-state index contributed by atoms with van der Waals surface area (Å²) in [5.74, 6) is 0.617. The van der Waals surface area contributed by atoms with Gasteiger partial charge in [-0.3, -0.25) is 4.79 Å². The predicted octanol–water partition coefficient (Wildman–Crippen LogP) is 1.84. The average Bonchev–Trinajstić information content (AvgIpc) is 2.82. The van der Waals surface area contributed by atoms with Gasteiger partial charge < -0.3 is 9.88 Å². The normalized spacial score (nSPS) is 10.2. The van der Waals surface area contributed by atoms with Crippen molar-refractivity contribution in [3.05, 3.63) is 46.7 Å². The number of halogens is 1. The lowest BCUT2D eigenvalue weighted by Crippen LogP contribution is -2.27. The first-order valence-electron chi connectivity index (χ1n) is 5.02. The maximum absolute atomic E-state index is 12.0. The van der Waals surface area contributed by atoms with Crippen LogP contribution in [0, 0.1) is 0 Å². The first-order valence-corrected chi connectivity index (χ1v) is 5.81. The Hall–Kier alpha value is -1.69. The number of carbonyl (C=O) groups excluding carboxylic acids is 1. The van der Waals surface area contributed by atoms with Gasteiger partial charge in [0.2, 0.25) is 0 Å². The van der Waals surface area contributed by atoms with Crippen molar-refractivity contribution in [2.45, 2.75) is 6.54 Å². The van der Waals surface area contributed by atoms with E-state index in [-0.39, 0.29) is 5.91 Å². The number of rotatable bonds is 3. The highest BCUT2D eigenvalue weighted by Gasteiger charge is 2.13. The lowest BCUT2D eigenvalue weighted by atomic mass is 10.3. The zero-order valence-corrected chi connectivity index (χ0v) is 10.8. The van der Waals surface area contributed by atoms with Crippen LogP contribution in [0.3, 0.4) is 0 Å². The molecule has 0 spiro atoms. The minimum atomic E-state index is -0.131. The van der Waals surface area contributed by atoms with Crippen molar-refractivity contribution >= 4 is 21.8 Å². The molecule has 5 nitrogen and oxygen atoms in total. The molecule has 0 aliphatic heterocycles. The molecule has 2 rings (SSSR count). The van der Waals surface area contributed by atoms with Gasteiger partial charge in [0.05, 0.1) is 6.54 Å². The molecule has 0 radical (unpaired) electrons. The maximum Gasteiger partial charge on any atom is 0.272 e. The van der Waals surface area contributed by atoms with Crippen molar-refractivity contribution in [1.82, 2.24) is 19.9 Å². The zero-order valence-electron chi connectivity index (χ0n) is 9.22. The Morgan fingerprint density at radius 3 is 2.88 bits per heavy atom. The summed E-state index contributed by atoms with van der Waals surface area (Å²) in [4.78, 5) is 24.6. The number of pyridine rings is 1. The molecule has 0 aliphatic carbocycles. The molecular formula is C11H11BrN4O. The second kappa shape index (κ2) is 5.09. The summed E-state index contributed by atoms with van der Waals surface area (Å²) >= 11 is 3.28. The van der Waals surface area contributed by atoms with E-state index in [9.17, 15) is 4.79 Å². The Balaban J connectivity index is 2.07. The number of amides is 1. The van der Waals surface area contributed by atoms with Gasteiger partial charge in [-0.05, 0) is 28.1 Å². The second-order valence-electron chi connectivity index (χ2n) is 3.56. The Labute approximate surface area is 107 Å². The first-order chi connectivity index (χ1) is 8.16. The van der Waals surface area contributed by atoms with E-state index in [1.807, 2.05) is 0 Å². The molecule has 88 valence electrons. The number of nitrogens with one attached hydrogen (secondary N) is 1. The van der Waals surface area contributed by atoms with E-state index in [1.165, 1.54) is 0 Å². The fourth-order valence-electron chi connectivity index (χ4n) is 1.38. The standard InChI is InChI=1S/C11H11BrN4O/c1-16(7-10-13-4-5-14-10)11(17)9-3-2-8(12)6-15-9/h2-6H,7H2,1H3,(H,13,14). The summed E-state index contributed by atoms with van der Waals surface area (Å²) in [5, 5.41) is 0. The van der Waals surface area contributed by atoms with E-state index in [4.69, 9.17) is 0 Å². The van der Waals surface area contributed by atoms with Crippen LogP contribution in [0.5, 0.6) is 0 Å². The molecule has 0 aliphatic rings. The van der Waals surface area contributed by atoms with Crippen LogP contribution < -0.4 is 0 Å². The molecule has 0 aromatic carbocycles. The highest BCUT2D eigenvalue weighted by atomic mass is 79.9. The number of H-pyrrole nitrogens is 1. The van der Waals surface area contributed by atoms with Gasteiger partial charge in [0, 0.05) is 30.1 Å². The van der Waals surface area contributed by atoms with Crippen LogP contribution >= 0.6 is 15.9 Å². The van der Waals surface area contributed by atoms with E-state index >= 15 is 0 Å². The van der Waals surface area contributed by atoms with Crippen molar-refractivity contribution < 1.29 is 4.79 Å². The smallest absolute Gasteiger partial charge is 0.272 e. The molecule has 0 bridgehead atoms. The Kier molecular flexibility index (Phi) is 3.53. The highest BCUT2D eigenvalue weighted by Crippen LogP contribution is 2.09. The number of nitrogens with zero attached hydrogens (tertiary/aromatic N) is 3.